The highest BCUT2D eigenvalue weighted by atomic mass is 16.5. The Morgan fingerprint density at radius 1 is 1.19 bits per heavy atom. The number of nitrogens with one attached hydrogen (secondary N) is 2. The molecule has 1 aliphatic heterocycles. The highest BCUT2D eigenvalue weighted by molar-refractivity contribution is 5.79. The van der Waals surface area contributed by atoms with E-state index < -0.39 is 0 Å². The molecular formula is C21H44N4O2. The van der Waals surface area contributed by atoms with Crippen LogP contribution in [0.15, 0.2) is 4.99 Å². The first kappa shape index (κ1) is 24.2. The van der Waals surface area contributed by atoms with Gasteiger partial charge in [-0.1, -0.05) is 13.8 Å². The summed E-state index contributed by atoms with van der Waals surface area (Å²) in [6, 6.07) is 0.433. The van der Waals surface area contributed by atoms with Crippen molar-refractivity contribution in [3.05, 3.63) is 0 Å². The lowest BCUT2D eigenvalue weighted by molar-refractivity contribution is 0.0205. The van der Waals surface area contributed by atoms with Gasteiger partial charge in [0.25, 0.3) is 0 Å². The second kappa shape index (κ2) is 16.1. The molecule has 1 fully saturated rings. The van der Waals surface area contributed by atoms with E-state index in [1.165, 1.54) is 13.0 Å². The molecule has 1 rings (SSSR count). The fourth-order valence-electron chi connectivity index (χ4n) is 3.31. The third-order valence-corrected chi connectivity index (χ3v) is 5.14. The number of rotatable bonds is 14. The molecule has 160 valence electrons. The van der Waals surface area contributed by atoms with Gasteiger partial charge in [-0.3, -0.25) is 4.99 Å². The Bertz CT molecular complexity index is 369. The highest BCUT2D eigenvalue weighted by Gasteiger charge is 2.13. The Hall–Kier alpha value is -0.850. The van der Waals surface area contributed by atoms with Crippen LogP contribution in [0.1, 0.15) is 59.8 Å². The molecule has 1 unspecified atom stereocenters. The zero-order valence-corrected chi connectivity index (χ0v) is 18.3. The van der Waals surface area contributed by atoms with Crippen molar-refractivity contribution < 1.29 is 9.47 Å². The summed E-state index contributed by atoms with van der Waals surface area (Å²) < 4.78 is 11.2. The maximum atomic E-state index is 5.82. The zero-order valence-electron chi connectivity index (χ0n) is 18.3. The quantitative estimate of drug-likeness (QED) is 0.274. The van der Waals surface area contributed by atoms with Crippen LogP contribution in [-0.4, -0.2) is 76.1 Å². The molecular weight excluding hydrogens is 340 g/mol. The van der Waals surface area contributed by atoms with Crippen LogP contribution in [-0.2, 0) is 9.47 Å². The summed E-state index contributed by atoms with van der Waals surface area (Å²) in [5.41, 5.74) is 0. The molecule has 0 aromatic rings. The lowest BCUT2D eigenvalue weighted by atomic mass is 10.0. The topological polar surface area (TPSA) is 58.1 Å². The van der Waals surface area contributed by atoms with Crippen molar-refractivity contribution in [1.29, 1.82) is 0 Å². The van der Waals surface area contributed by atoms with Crippen LogP contribution in [0.2, 0.25) is 0 Å². The molecule has 1 heterocycles. The molecule has 6 nitrogen and oxygen atoms in total. The molecule has 0 aliphatic carbocycles. The van der Waals surface area contributed by atoms with Gasteiger partial charge in [-0.05, 0) is 71.5 Å². The van der Waals surface area contributed by atoms with Crippen molar-refractivity contribution in [2.75, 3.05) is 59.2 Å². The molecule has 0 saturated carbocycles. The summed E-state index contributed by atoms with van der Waals surface area (Å²) in [6.07, 6.45) is 5.62. The number of hydrogen-bond donors (Lipinski definition) is 2. The molecule has 6 heteroatoms. The van der Waals surface area contributed by atoms with Gasteiger partial charge in [0.2, 0.25) is 0 Å². The van der Waals surface area contributed by atoms with Gasteiger partial charge in [0.1, 0.15) is 0 Å². The number of aliphatic imine (C=N–C) groups is 1. The molecule has 1 aliphatic rings. The minimum Gasteiger partial charge on any atom is -0.381 e. The van der Waals surface area contributed by atoms with Crippen LogP contribution in [0.3, 0.4) is 0 Å². The van der Waals surface area contributed by atoms with Gasteiger partial charge in [-0.2, -0.15) is 0 Å². The number of guanidine groups is 1. The molecule has 0 spiro atoms. The lowest BCUT2D eigenvalue weighted by Crippen LogP contribution is -2.42. The molecule has 1 atom stereocenters. The second-order valence-electron chi connectivity index (χ2n) is 7.46. The van der Waals surface area contributed by atoms with Gasteiger partial charge in [0, 0.05) is 45.6 Å². The van der Waals surface area contributed by atoms with E-state index in [4.69, 9.17) is 14.5 Å². The summed E-state index contributed by atoms with van der Waals surface area (Å²) in [7, 11) is 0. The maximum Gasteiger partial charge on any atom is 0.191 e. The van der Waals surface area contributed by atoms with Gasteiger partial charge < -0.3 is 25.0 Å². The van der Waals surface area contributed by atoms with Gasteiger partial charge >= 0.3 is 0 Å². The summed E-state index contributed by atoms with van der Waals surface area (Å²) in [5.74, 6) is 1.61. The Morgan fingerprint density at radius 2 is 1.93 bits per heavy atom. The van der Waals surface area contributed by atoms with Gasteiger partial charge in [0.15, 0.2) is 5.96 Å². The number of nitrogens with zero attached hydrogens (tertiary/aromatic N) is 2. The Labute approximate surface area is 167 Å². The van der Waals surface area contributed by atoms with Gasteiger partial charge in [0.05, 0.1) is 0 Å². The van der Waals surface area contributed by atoms with Crippen LogP contribution in [0.25, 0.3) is 0 Å². The summed E-state index contributed by atoms with van der Waals surface area (Å²) >= 11 is 0. The first-order valence-electron chi connectivity index (χ1n) is 11.1. The molecule has 0 radical (unpaired) electrons. The second-order valence-corrected chi connectivity index (χ2v) is 7.46. The fourth-order valence-corrected chi connectivity index (χ4v) is 3.31. The van der Waals surface area contributed by atoms with Gasteiger partial charge in [-0.25, -0.2) is 0 Å². The maximum absolute atomic E-state index is 5.82. The first-order chi connectivity index (χ1) is 13.2. The Balaban J connectivity index is 2.16. The normalized spacial score (nSPS) is 17.3. The zero-order chi connectivity index (χ0) is 19.7. The van der Waals surface area contributed by atoms with E-state index in [0.29, 0.717) is 12.0 Å². The third kappa shape index (κ3) is 12.3. The lowest BCUT2D eigenvalue weighted by Gasteiger charge is -2.21. The minimum absolute atomic E-state index is 0.433. The average molecular weight is 385 g/mol. The largest absolute Gasteiger partial charge is 0.381 e. The van der Waals surface area contributed by atoms with Crippen LogP contribution in [0.4, 0.5) is 0 Å². The van der Waals surface area contributed by atoms with E-state index in [2.05, 4.69) is 43.2 Å². The molecule has 0 aromatic carbocycles. The van der Waals surface area contributed by atoms with Crippen LogP contribution in [0.5, 0.6) is 0 Å². The van der Waals surface area contributed by atoms with Crippen LogP contribution < -0.4 is 10.6 Å². The molecule has 2 N–H and O–H groups in total. The average Bonchev–Trinajstić information content (AvgIpc) is 2.69. The van der Waals surface area contributed by atoms with Gasteiger partial charge in [-0.15, -0.1) is 0 Å². The molecule has 1 saturated heterocycles. The van der Waals surface area contributed by atoms with E-state index in [1.54, 1.807) is 0 Å². The van der Waals surface area contributed by atoms with E-state index in [-0.39, 0.29) is 0 Å². The SMILES string of the molecule is CCNC(=NCCCOCC1CCOCC1)NC(C)CCCN(CC)CC. The first-order valence-corrected chi connectivity index (χ1v) is 11.1. The summed E-state index contributed by atoms with van der Waals surface area (Å²) in [6.45, 7) is 17.4. The standard InChI is InChI=1S/C21H44N4O2/c1-5-22-21(24-19(4)10-8-14-25(6-2)7-3)23-13-9-15-27-18-20-11-16-26-17-12-20/h19-20H,5-18H2,1-4H3,(H2,22,23,24). The van der Waals surface area contributed by atoms with E-state index in [0.717, 1.165) is 84.2 Å². The highest BCUT2D eigenvalue weighted by Crippen LogP contribution is 2.14. The third-order valence-electron chi connectivity index (χ3n) is 5.14. The fraction of sp³-hybridized carbons (Fsp3) is 0.952. The summed E-state index contributed by atoms with van der Waals surface area (Å²) in [4.78, 5) is 7.18. The van der Waals surface area contributed by atoms with E-state index in [1.807, 2.05) is 0 Å². The predicted octanol–water partition coefficient (Wildman–Crippen LogP) is 2.89. The van der Waals surface area contributed by atoms with Crippen molar-refractivity contribution in [2.45, 2.75) is 65.8 Å². The van der Waals surface area contributed by atoms with Crippen LogP contribution in [0, 0.1) is 5.92 Å². The molecule has 0 aromatic heterocycles. The monoisotopic (exact) mass is 384 g/mol. The minimum atomic E-state index is 0.433. The Kier molecular flexibility index (Phi) is 14.5. The van der Waals surface area contributed by atoms with Crippen molar-refractivity contribution in [3.8, 4) is 0 Å². The molecule has 0 amide bonds. The van der Waals surface area contributed by atoms with Crippen molar-refractivity contribution in [3.63, 3.8) is 0 Å². The van der Waals surface area contributed by atoms with Crippen LogP contribution >= 0.6 is 0 Å². The number of ether oxygens (including phenoxy) is 2. The van der Waals surface area contributed by atoms with E-state index >= 15 is 0 Å². The van der Waals surface area contributed by atoms with E-state index in [9.17, 15) is 0 Å². The molecule has 27 heavy (non-hydrogen) atoms. The van der Waals surface area contributed by atoms with Crippen molar-refractivity contribution in [1.82, 2.24) is 15.5 Å². The Morgan fingerprint density at radius 3 is 2.59 bits per heavy atom. The smallest absolute Gasteiger partial charge is 0.191 e. The predicted molar refractivity (Wildman–Crippen MR) is 115 cm³/mol. The summed E-state index contributed by atoms with van der Waals surface area (Å²) in [5, 5.41) is 6.89. The van der Waals surface area contributed by atoms with Crippen molar-refractivity contribution in [2.24, 2.45) is 10.9 Å². The van der Waals surface area contributed by atoms with Crippen molar-refractivity contribution >= 4 is 5.96 Å². The molecule has 0 bridgehead atoms. The number of hydrogen-bond acceptors (Lipinski definition) is 4.